The Kier molecular flexibility index (Phi) is 7.04. The number of likely N-dealkylation sites (tertiary alicyclic amines) is 1. The highest BCUT2D eigenvalue weighted by molar-refractivity contribution is 4.74. The van der Waals surface area contributed by atoms with E-state index in [1.54, 1.807) is 0 Å². The second kappa shape index (κ2) is 8.03. The molecule has 1 heterocycles. The van der Waals surface area contributed by atoms with E-state index in [2.05, 4.69) is 36.1 Å². The van der Waals surface area contributed by atoms with Crippen LogP contribution < -0.4 is 5.32 Å². The molecule has 0 aromatic heterocycles. The van der Waals surface area contributed by atoms with Crippen molar-refractivity contribution in [3.05, 3.63) is 0 Å². The molecule has 102 valence electrons. The summed E-state index contributed by atoms with van der Waals surface area (Å²) in [7, 11) is 4.31. The van der Waals surface area contributed by atoms with E-state index >= 15 is 0 Å². The minimum Gasteiger partial charge on any atom is -0.390 e. The van der Waals surface area contributed by atoms with Crippen molar-refractivity contribution in [3.63, 3.8) is 0 Å². The molecular formula is C13H29N3O. The van der Waals surface area contributed by atoms with Crippen LogP contribution in [0.15, 0.2) is 0 Å². The fraction of sp³-hybridized carbons (Fsp3) is 1.00. The topological polar surface area (TPSA) is 38.7 Å². The van der Waals surface area contributed by atoms with Gasteiger partial charge in [0.05, 0.1) is 6.10 Å². The second-order valence-electron chi connectivity index (χ2n) is 5.43. The molecule has 4 nitrogen and oxygen atoms in total. The van der Waals surface area contributed by atoms with Crippen molar-refractivity contribution in [2.75, 3.05) is 53.4 Å². The molecule has 2 N–H and O–H groups in total. The van der Waals surface area contributed by atoms with Crippen LogP contribution in [-0.4, -0.2) is 74.4 Å². The smallest absolute Gasteiger partial charge is 0.0791 e. The van der Waals surface area contributed by atoms with Crippen molar-refractivity contribution >= 4 is 0 Å². The van der Waals surface area contributed by atoms with Crippen molar-refractivity contribution in [2.45, 2.75) is 25.9 Å². The summed E-state index contributed by atoms with van der Waals surface area (Å²) in [5, 5.41) is 13.0. The third-order valence-electron chi connectivity index (χ3n) is 3.56. The average molecular weight is 243 g/mol. The molecule has 17 heavy (non-hydrogen) atoms. The molecule has 1 fully saturated rings. The predicted octanol–water partition coefficient (Wildman–Crippen LogP) is 0.230. The zero-order valence-electron chi connectivity index (χ0n) is 11.7. The van der Waals surface area contributed by atoms with E-state index < -0.39 is 0 Å². The van der Waals surface area contributed by atoms with Gasteiger partial charge in [-0.1, -0.05) is 6.92 Å². The van der Waals surface area contributed by atoms with Crippen molar-refractivity contribution in [2.24, 2.45) is 5.92 Å². The monoisotopic (exact) mass is 243 g/mol. The van der Waals surface area contributed by atoms with Crippen LogP contribution in [0.3, 0.4) is 0 Å². The molecule has 1 atom stereocenters. The second-order valence-corrected chi connectivity index (χ2v) is 5.43. The van der Waals surface area contributed by atoms with Gasteiger partial charge in [-0.05, 0) is 52.5 Å². The van der Waals surface area contributed by atoms with Crippen LogP contribution in [0.1, 0.15) is 19.8 Å². The molecule has 0 aromatic rings. The van der Waals surface area contributed by atoms with E-state index in [0.717, 1.165) is 25.6 Å². The van der Waals surface area contributed by atoms with Crippen molar-refractivity contribution in [1.82, 2.24) is 15.1 Å². The first kappa shape index (κ1) is 14.9. The minimum absolute atomic E-state index is 0.244. The Morgan fingerprint density at radius 1 is 1.41 bits per heavy atom. The van der Waals surface area contributed by atoms with Gasteiger partial charge >= 0.3 is 0 Å². The Labute approximate surface area is 106 Å². The van der Waals surface area contributed by atoms with E-state index in [-0.39, 0.29) is 6.10 Å². The standard InChI is InChI=1S/C13H29N3O/c1-4-14-9-13(17)11-16(3)10-12-5-7-15(2)8-6-12/h12-14,17H,4-11H2,1-3H3. The van der Waals surface area contributed by atoms with Gasteiger partial charge in [0, 0.05) is 19.6 Å². The number of nitrogens with one attached hydrogen (secondary N) is 1. The number of piperidine rings is 1. The quantitative estimate of drug-likeness (QED) is 0.671. The van der Waals surface area contributed by atoms with E-state index in [1.165, 1.54) is 25.9 Å². The highest BCUT2D eigenvalue weighted by Gasteiger charge is 2.18. The molecule has 1 aliphatic rings. The third kappa shape index (κ3) is 6.36. The first-order valence-electron chi connectivity index (χ1n) is 6.87. The number of rotatable bonds is 7. The molecule has 1 unspecified atom stereocenters. The Morgan fingerprint density at radius 2 is 2.06 bits per heavy atom. The van der Waals surface area contributed by atoms with E-state index in [4.69, 9.17) is 0 Å². The molecule has 0 spiro atoms. The summed E-state index contributed by atoms with van der Waals surface area (Å²) < 4.78 is 0. The molecule has 1 aliphatic heterocycles. The fourth-order valence-corrected chi connectivity index (χ4v) is 2.50. The van der Waals surface area contributed by atoms with Crippen LogP contribution in [0.25, 0.3) is 0 Å². The lowest BCUT2D eigenvalue weighted by atomic mass is 9.96. The zero-order valence-corrected chi connectivity index (χ0v) is 11.7. The summed E-state index contributed by atoms with van der Waals surface area (Å²) in [6, 6.07) is 0. The van der Waals surface area contributed by atoms with Gasteiger partial charge in [-0.15, -0.1) is 0 Å². The first-order chi connectivity index (χ1) is 8.11. The lowest BCUT2D eigenvalue weighted by molar-refractivity contribution is 0.105. The van der Waals surface area contributed by atoms with Crippen molar-refractivity contribution in [3.8, 4) is 0 Å². The molecule has 0 aliphatic carbocycles. The normalized spacial score (nSPS) is 21.0. The Morgan fingerprint density at radius 3 is 2.65 bits per heavy atom. The Bertz CT molecular complexity index is 193. The lowest BCUT2D eigenvalue weighted by Crippen LogP contribution is -2.40. The highest BCUT2D eigenvalue weighted by atomic mass is 16.3. The third-order valence-corrected chi connectivity index (χ3v) is 3.56. The van der Waals surface area contributed by atoms with Crippen LogP contribution in [0.4, 0.5) is 0 Å². The maximum absolute atomic E-state index is 9.81. The summed E-state index contributed by atoms with van der Waals surface area (Å²) in [4.78, 5) is 4.68. The number of hydrogen-bond acceptors (Lipinski definition) is 4. The van der Waals surface area contributed by atoms with Gasteiger partial charge in [0.25, 0.3) is 0 Å². The molecule has 1 rings (SSSR count). The minimum atomic E-state index is -0.244. The first-order valence-corrected chi connectivity index (χ1v) is 6.87. The van der Waals surface area contributed by atoms with Gasteiger partial charge in [0.15, 0.2) is 0 Å². The number of likely N-dealkylation sites (N-methyl/N-ethyl adjacent to an activating group) is 2. The average Bonchev–Trinajstić information content (AvgIpc) is 2.29. The van der Waals surface area contributed by atoms with Crippen LogP contribution in [0, 0.1) is 5.92 Å². The summed E-state index contributed by atoms with van der Waals surface area (Å²) in [5.74, 6) is 0.808. The molecule has 0 saturated carbocycles. The van der Waals surface area contributed by atoms with Crippen LogP contribution in [0.5, 0.6) is 0 Å². The summed E-state index contributed by atoms with van der Waals surface area (Å²) in [6.07, 6.45) is 2.35. The van der Waals surface area contributed by atoms with Crippen molar-refractivity contribution < 1.29 is 5.11 Å². The van der Waals surface area contributed by atoms with Gasteiger partial charge in [0.2, 0.25) is 0 Å². The maximum Gasteiger partial charge on any atom is 0.0791 e. The van der Waals surface area contributed by atoms with Crippen LogP contribution >= 0.6 is 0 Å². The fourth-order valence-electron chi connectivity index (χ4n) is 2.50. The molecular weight excluding hydrogens is 214 g/mol. The molecule has 4 heteroatoms. The summed E-state index contributed by atoms with van der Waals surface area (Å²) >= 11 is 0. The van der Waals surface area contributed by atoms with Gasteiger partial charge < -0.3 is 20.2 Å². The largest absolute Gasteiger partial charge is 0.390 e. The maximum atomic E-state index is 9.81. The van der Waals surface area contributed by atoms with Crippen molar-refractivity contribution in [1.29, 1.82) is 0 Å². The predicted molar refractivity (Wildman–Crippen MR) is 72.3 cm³/mol. The van der Waals surface area contributed by atoms with E-state index in [0.29, 0.717) is 6.54 Å². The summed E-state index contributed by atoms with van der Waals surface area (Å²) in [5.41, 5.74) is 0. The molecule has 0 aromatic carbocycles. The number of aliphatic hydroxyl groups excluding tert-OH is 1. The SMILES string of the molecule is CCNCC(O)CN(C)CC1CCN(C)CC1. The number of hydrogen-bond donors (Lipinski definition) is 2. The Balaban J connectivity index is 2.13. The molecule has 0 amide bonds. The van der Waals surface area contributed by atoms with E-state index in [9.17, 15) is 5.11 Å². The van der Waals surface area contributed by atoms with Crippen LogP contribution in [0.2, 0.25) is 0 Å². The lowest BCUT2D eigenvalue weighted by Gasteiger charge is -2.32. The van der Waals surface area contributed by atoms with Gasteiger partial charge in [-0.3, -0.25) is 0 Å². The van der Waals surface area contributed by atoms with Crippen LogP contribution in [-0.2, 0) is 0 Å². The molecule has 1 saturated heterocycles. The molecule has 0 bridgehead atoms. The number of nitrogens with zero attached hydrogens (tertiary/aromatic N) is 2. The zero-order chi connectivity index (χ0) is 12.7. The highest BCUT2D eigenvalue weighted by Crippen LogP contribution is 2.16. The van der Waals surface area contributed by atoms with E-state index in [1.807, 2.05) is 0 Å². The molecule has 0 radical (unpaired) electrons. The van der Waals surface area contributed by atoms with Gasteiger partial charge in [0.1, 0.15) is 0 Å². The number of aliphatic hydroxyl groups is 1. The van der Waals surface area contributed by atoms with Gasteiger partial charge in [-0.25, -0.2) is 0 Å². The summed E-state index contributed by atoms with van der Waals surface area (Å²) in [6.45, 7) is 8.03. The van der Waals surface area contributed by atoms with Gasteiger partial charge in [-0.2, -0.15) is 0 Å². The Hall–Kier alpha value is -0.160.